The zero-order chi connectivity index (χ0) is 20.4. The van der Waals surface area contributed by atoms with Gasteiger partial charge in [-0.3, -0.25) is 4.98 Å². The third kappa shape index (κ3) is 3.95. The van der Waals surface area contributed by atoms with Gasteiger partial charge in [0.05, 0.1) is 5.56 Å². The quantitative estimate of drug-likeness (QED) is 0.375. The van der Waals surface area contributed by atoms with Gasteiger partial charge in [0.15, 0.2) is 0 Å². The highest BCUT2D eigenvalue weighted by Gasteiger charge is 2.23. The van der Waals surface area contributed by atoms with E-state index in [0.717, 1.165) is 16.1 Å². The Bertz CT molecular complexity index is 1170. The molecule has 0 amide bonds. The Balaban J connectivity index is 1.73. The fourth-order valence-electron chi connectivity index (χ4n) is 3.13. The van der Waals surface area contributed by atoms with E-state index >= 15 is 0 Å². The molecule has 146 valence electrons. The maximum Gasteiger partial charge on any atom is 0.346 e. The number of carbonyl (C=O) groups is 1. The van der Waals surface area contributed by atoms with Crippen molar-refractivity contribution in [2.24, 2.45) is 7.05 Å². The summed E-state index contributed by atoms with van der Waals surface area (Å²) in [4.78, 5) is 17.8. The number of hydrogen-bond donors (Lipinski definition) is 1. The summed E-state index contributed by atoms with van der Waals surface area (Å²) >= 11 is 1.49. The SMILES string of the molecule is Cn1c(CSc2ccc(F)cc2)c(C(=O)Oc2ccncc2)c2cc(O)ccc21. The molecule has 4 aromatic rings. The Morgan fingerprint density at radius 2 is 1.86 bits per heavy atom. The van der Waals surface area contributed by atoms with Crippen molar-refractivity contribution in [1.82, 2.24) is 9.55 Å². The van der Waals surface area contributed by atoms with Gasteiger partial charge in [0, 0.05) is 46.7 Å². The molecule has 7 heteroatoms. The monoisotopic (exact) mass is 408 g/mol. The number of fused-ring (bicyclic) bond motifs is 1. The van der Waals surface area contributed by atoms with Crippen molar-refractivity contribution < 1.29 is 19.0 Å². The van der Waals surface area contributed by atoms with Crippen molar-refractivity contribution in [2.75, 3.05) is 0 Å². The molecule has 0 spiro atoms. The second-order valence-corrected chi connectivity index (χ2v) is 7.45. The molecule has 2 heterocycles. The van der Waals surface area contributed by atoms with Crippen LogP contribution in [0.4, 0.5) is 4.39 Å². The van der Waals surface area contributed by atoms with Crippen molar-refractivity contribution >= 4 is 28.6 Å². The van der Waals surface area contributed by atoms with Crippen LogP contribution in [0.2, 0.25) is 0 Å². The largest absolute Gasteiger partial charge is 0.508 e. The first-order valence-electron chi connectivity index (χ1n) is 8.84. The van der Waals surface area contributed by atoms with Crippen LogP contribution in [-0.4, -0.2) is 20.6 Å². The van der Waals surface area contributed by atoms with Gasteiger partial charge in [-0.05, 0) is 54.6 Å². The lowest BCUT2D eigenvalue weighted by Gasteiger charge is -2.08. The molecule has 1 N–H and O–H groups in total. The maximum atomic E-state index is 13.2. The second kappa shape index (κ2) is 7.97. The average Bonchev–Trinajstić information content (AvgIpc) is 2.99. The summed E-state index contributed by atoms with van der Waals surface area (Å²) in [7, 11) is 1.86. The van der Waals surface area contributed by atoms with Crippen molar-refractivity contribution in [3.63, 3.8) is 0 Å². The van der Waals surface area contributed by atoms with Gasteiger partial charge in [-0.1, -0.05) is 0 Å². The number of thioether (sulfide) groups is 1. The number of aryl methyl sites for hydroxylation is 1. The zero-order valence-corrected chi connectivity index (χ0v) is 16.3. The van der Waals surface area contributed by atoms with Crippen LogP contribution in [0.15, 0.2) is 71.9 Å². The van der Waals surface area contributed by atoms with Crippen LogP contribution >= 0.6 is 11.8 Å². The minimum absolute atomic E-state index is 0.0683. The highest BCUT2D eigenvalue weighted by atomic mass is 32.2. The zero-order valence-electron chi connectivity index (χ0n) is 15.5. The predicted molar refractivity (Wildman–Crippen MR) is 110 cm³/mol. The van der Waals surface area contributed by atoms with E-state index < -0.39 is 5.97 Å². The molecule has 4 rings (SSSR count). The van der Waals surface area contributed by atoms with Gasteiger partial charge in [0.1, 0.15) is 17.3 Å². The second-order valence-electron chi connectivity index (χ2n) is 6.40. The van der Waals surface area contributed by atoms with E-state index in [9.17, 15) is 14.3 Å². The molecule has 0 atom stereocenters. The summed E-state index contributed by atoms with van der Waals surface area (Å²) < 4.78 is 20.6. The number of carbonyl (C=O) groups excluding carboxylic acids is 1. The summed E-state index contributed by atoms with van der Waals surface area (Å²) in [5, 5.41) is 10.6. The average molecular weight is 408 g/mol. The number of ether oxygens (including phenoxy) is 1. The molecule has 2 aromatic heterocycles. The molecule has 0 fully saturated rings. The number of pyridine rings is 1. The summed E-state index contributed by atoms with van der Waals surface area (Å²) in [5.41, 5.74) is 1.95. The van der Waals surface area contributed by atoms with Crippen molar-refractivity contribution in [3.05, 3.63) is 84.1 Å². The number of rotatable bonds is 5. The number of nitrogens with zero attached hydrogens (tertiary/aromatic N) is 2. The van der Waals surface area contributed by atoms with Gasteiger partial charge in [-0.15, -0.1) is 11.8 Å². The van der Waals surface area contributed by atoms with E-state index in [-0.39, 0.29) is 11.6 Å². The molecule has 0 saturated carbocycles. The molecule has 0 radical (unpaired) electrons. The van der Waals surface area contributed by atoms with Gasteiger partial charge in [-0.2, -0.15) is 0 Å². The van der Waals surface area contributed by atoms with Crippen LogP contribution in [0.3, 0.4) is 0 Å². The van der Waals surface area contributed by atoms with Gasteiger partial charge in [0.2, 0.25) is 0 Å². The fourth-order valence-corrected chi connectivity index (χ4v) is 4.10. The Labute approximate surface area is 170 Å². The number of esters is 1. The lowest BCUT2D eigenvalue weighted by atomic mass is 10.1. The summed E-state index contributed by atoms with van der Waals surface area (Å²) in [6.07, 6.45) is 3.09. The summed E-state index contributed by atoms with van der Waals surface area (Å²) in [5.74, 6) is 0.120. The normalized spacial score (nSPS) is 11.0. The first-order chi connectivity index (χ1) is 14.0. The molecule has 0 aliphatic carbocycles. The topological polar surface area (TPSA) is 64.4 Å². The number of hydrogen-bond acceptors (Lipinski definition) is 5. The number of halogens is 1. The molecule has 0 unspecified atom stereocenters. The Hall–Kier alpha value is -3.32. The van der Waals surface area contributed by atoms with Crippen LogP contribution in [0, 0.1) is 5.82 Å². The number of phenolic OH excluding ortho intramolecular Hbond substituents is 1. The van der Waals surface area contributed by atoms with E-state index in [4.69, 9.17) is 4.74 Å². The van der Waals surface area contributed by atoms with Crippen LogP contribution in [0.5, 0.6) is 11.5 Å². The van der Waals surface area contributed by atoms with E-state index in [0.29, 0.717) is 22.5 Å². The minimum Gasteiger partial charge on any atom is -0.508 e. The molecular formula is C22H17FN2O3S. The van der Waals surface area contributed by atoms with E-state index in [2.05, 4.69) is 4.98 Å². The minimum atomic E-state index is -0.512. The van der Waals surface area contributed by atoms with Crippen molar-refractivity contribution in [1.29, 1.82) is 0 Å². The number of aromatic nitrogens is 2. The van der Waals surface area contributed by atoms with Gasteiger partial charge < -0.3 is 14.4 Å². The first kappa shape index (κ1) is 19.0. The molecular weight excluding hydrogens is 391 g/mol. The van der Waals surface area contributed by atoms with E-state index in [1.54, 1.807) is 54.9 Å². The molecule has 0 bridgehead atoms. The van der Waals surface area contributed by atoms with E-state index in [1.807, 2.05) is 11.6 Å². The van der Waals surface area contributed by atoms with Crippen LogP contribution < -0.4 is 4.74 Å². The molecule has 29 heavy (non-hydrogen) atoms. The summed E-state index contributed by atoms with van der Waals surface area (Å²) in [6.45, 7) is 0. The first-order valence-corrected chi connectivity index (χ1v) is 9.82. The van der Waals surface area contributed by atoms with Crippen LogP contribution in [0.1, 0.15) is 16.1 Å². The van der Waals surface area contributed by atoms with Crippen LogP contribution in [-0.2, 0) is 12.8 Å². The number of aromatic hydroxyl groups is 1. The number of phenols is 1. The third-order valence-electron chi connectivity index (χ3n) is 4.56. The highest BCUT2D eigenvalue weighted by Crippen LogP contribution is 2.33. The Morgan fingerprint density at radius 1 is 1.14 bits per heavy atom. The van der Waals surface area contributed by atoms with E-state index in [1.165, 1.54) is 23.9 Å². The van der Waals surface area contributed by atoms with Gasteiger partial charge in [-0.25, -0.2) is 9.18 Å². The molecule has 0 saturated heterocycles. The highest BCUT2D eigenvalue weighted by molar-refractivity contribution is 7.98. The standard InChI is InChI=1S/C22H17FN2O3S/c1-25-19-7-4-15(26)12-18(19)21(22(27)28-16-8-10-24-11-9-16)20(25)13-29-17-5-2-14(23)3-6-17/h2-12,26H,13H2,1H3. The van der Waals surface area contributed by atoms with Gasteiger partial charge in [0.25, 0.3) is 0 Å². The lowest BCUT2D eigenvalue weighted by molar-refractivity contribution is 0.0735. The lowest BCUT2D eigenvalue weighted by Crippen LogP contribution is -2.11. The maximum absolute atomic E-state index is 13.2. The molecule has 0 aliphatic heterocycles. The van der Waals surface area contributed by atoms with Gasteiger partial charge >= 0.3 is 5.97 Å². The van der Waals surface area contributed by atoms with Crippen LogP contribution in [0.25, 0.3) is 10.9 Å². The Morgan fingerprint density at radius 3 is 2.59 bits per heavy atom. The summed E-state index contributed by atoms with van der Waals surface area (Å²) in [6, 6.07) is 14.3. The van der Waals surface area contributed by atoms with Crippen molar-refractivity contribution in [2.45, 2.75) is 10.6 Å². The molecule has 5 nitrogen and oxygen atoms in total. The fraction of sp³-hybridized carbons (Fsp3) is 0.0909. The predicted octanol–water partition coefficient (Wildman–Crippen LogP) is 4.93. The Kier molecular flexibility index (Phi) is 5.22. The number of benzene rings is 2. The molecule has 2 aromatic carbocycles. The van der Waals surface area contributed by atoms with Crippen molar-refractivity contribution in [3.8, 4) is 11.5 Å². The smallest absolute Gasteiger partial charge is 0.346 e. The third-order valence-corrected chi connectivity index (χ3v) is 5.58. The molecule has 0 aliphatic rings.